The largest absolute Gasteiger partial charge is 0.492 e. The number of Topliss-reactive ketones (excluding diaryl/α,β-unsaturated/α-hetero) is 1. The normalized spacial score (nSPS) is 10.7. The van der Waals surface area contributed by atoms with E-state index in [0.717, 1.165) is 0 Å². The molecule has 0 saturated heterocycles. The average molecular weight is 335 g/mol. The summed E-state index contributed by atoms with van der Waals surface area (Å²) in [5.41, 5.74) is 1.33. The van der Waals surface area contributed by atoms with Crippen molar-refractivity contribution in [2.75, 3.05) is 11.9 Å². The summed E-state index contributed by atoms with van der Waals surface area (Å²) < 4.78 is 5.58. The van der Waals surface area contributed by atoms with Gasteiger partial charge in [0.05, 0.1) is 11.6 Å². The third-order valence-corrected chi connectivity index (χ3v) is 3.39. The predicted octanol–water partition coefficient (Wildman–Crippen LogP) is 4.16. The van der Waals surface area contributed by atoms with Crippen molar-refractivity contribution in [2.45, 2.75) is 20.8 Å². The molecule has 2 rings (SSSR count). The Morgan fingerprint density at radius 1 is 1.30 bits per heavy atom. The van der Waals surface area contributed by atoms with Crippen LogP contribution in [0, 0.1) is 5.92 Å². The van der Waals surface area contributed by atoms with Gasteiger partial charge in [-0.3, -0.25) is 9.59 Å². The molecule has 0 fully saturated rings. The zero-order valence-electron chi connectivity index (χ0n) is 13.3. The van der Waals surface area contributed by atoms with E-state index in [2.05, 4.69) is 10.3 Å². The highest BCUT2D eigenvalue weighted by Gasteiger charge is 2.12. The van der Waals surface area contributed by atoms with Gasteiger partial charge >= 0.3 is 0 Å². The first-order valence-electron chi connectivity index (χ1n) is 7.30. The molecule has 23 heavy (non-hydrogen) atoms. The zero-order valence-corrected chi connectivity index (χ0v) is 14.0. The van der Waals surface area contributed by atoms with Gasteiger partial charge in [0.1, 0.15) is 11.4 Å². The van der Waals surface area contributed by atoms with Crippen molar-refractivity contribution in [3.8, 4) is 5.75 Å². The van der Waals surface area contributed by atoms with Gasteiger partial charge < -0.3 is 15.0 Å². The number of anilines is 1. The Bertz CT molecular complexity index is 722. The summed E-state index contributed by atoms with van der Waals surface area (Å²) >= 11 is 6.16. The minimum atomic E-state index is -0.343. The van der Waals surface area contributed by atoms with Crippen molar-refractivity contribution in [3.63, 3.8) is 0 Å². The van der Waals surface area contributed by atoms with Gasteiger partial charge in [0.15, 0.2) is 5.78 Å². The fraction of sp³-hybridized carbons (Fsp3) is 0.294. The number of halogens is 1. The Kier molecular flexibility index (Phi) is 5.45. The summed E-state index contributed by atoms with van der Waals surface area (Å²) in [5.74, 6) is 0.533. The van der Waals surface area contributed by atoms with Crippen LogP contribution in [0.1, 0.15) is 41.6 Å². The van der Waals surface area contributed by atoms with E-state index >= 15 is 0 Å². The molecule has 0 aliphatic carbocycles. The van der Waals surface area contributed by atoms with E-state index in [9.17, 15) is 9.59 Å². The highest BCUT2D eigenvalue weighted by molar-refractivity contribution is 6.32. The molecule has 122 valence electrons. The number of hydrogen-bond donors (Lipinski definition) is 2. The summed E-state index contributed by atoms with van der Waals surface area (Å²) in [6.45, 7) is 6.12. The first-order valence-corrected chi connectivity index (χ1v) is 7.67. The molecule has 1 aromatic carbocycles. The van der Waals surface area contributed by atoms with Crippen LogP contribution in [0.2, 0.25) is 5.02 Å². The summed E-state index contributed by atoms with van der Waals surface area (Å²) in [4.78, 5) is 26.2. The SMILES string of the molecule is CC(=O)c1c[nH]c(C(=O)Nc2ccc(OCC(C)C)c(Cl)c2)c1. The number of hydrogen-bond acceptors (Lipinski definition) is 3. The number of carbonyl (C=O) groups is 2. The maximum absolute atomic E-state index is 12.1. The Morgan fingerprint density at radius 2 is 2.04 bits per heavy atom. The van der Waals surface area contributed by atoms with Gasteiger partial charge in [0.2, 0.25) is 0 Å². The second kappa shape index (κ2) is 7.33. The van der Waals surface area contributed by atoms with E-state index in [4.69, 9.17) is 16.3 Å². The van der Waals surface area contributed by atoms with Crippen molar-refractivity contribution >= 4 is 29.0 Å². The van der Waals surface area contributed by atoms with Gasteiger partial charge in [-0.2, -0.15) is 0 Å². The number of aromatic nitrogens is 1. The lowest BCUT2D eigenvalue weighted by molar-refractivity contribution is 0.101. The van der Waals surface area contributed by atoms with Gasteiger partial charge in [-0.15, -0.1) is 0 Å². The predicted molar refractivity (Wildman–Crippen MR) is 90.5 cm³/mol. The van der Waals surface area contributed by atoms with Crippen molar-refractivity contribution in [1.29, 1.82) is 0 Å². The lowest BCUT2D eigenvalue weighted by atomic mass is 10.2. The van der Waals surface area contributed by atoms with Crippen LogP contribution in [-0.4, -0.2) is 23.3 Å². The number of ketones is 1. The lowest BCUT2D eigenvalue weighted by Crippen LogP contribution is -2.12. The van der Waals surface area contributed by atoms with E-state index in [1.165, 1.54) is 19.2 Å². The van der Waals surface area contributed by atoms with Crippen molar-refractivity contribution in [2.24, 2.45) is 5.92 Å². The molecule has 1 aromatic heterocycles. The van der Waals surface area contributed by atoms with Crippen LogP contribution in [0.25, 0.3) is 0 Å². The zero-order chi connectivity index (χ0) is 17.0. The van der Waals surface area contributed by atoms with Crippen LogP contribution in [0.5, 0.6) is 5.75 Å². The molecule has 0 atom stereocenters. The van der Waals surface area contributed by atoms with E-state index in [1.807, 2.05) is 13.8 Å². The number of H-pyrrole nitrogens is 1. The van der Waals surface area contributed by atoms with Crippen LogP contribution in [0.4, 0.5) is 5.69 Å². The van der Waals surface area contributed by atoms with Crippen LogP contribution < -0.4 is 10.1 Å². The number of aromatic amines is 1. The fourth-order valence-electron chi connectivity index (χ4n) is 1.88. The minimum Gasteiger partial charge on any atom is -0.492 e. The Hall–Kier alpha value is -2.27. The maximum atomic E-state index is 12.1. The second-order valence-electron chi connectivity index (χ2n) is 5.66. The molecule has 2 aromatic rings. The standard InChI is InChI=1S/C17H19ClN2O3/c1-10(2)9-23-16-5-4-13(7-14(16)18)20-17(22)15-6-12(8-19-15)11(3)21/h4-8,10,19H,9H2,1-3H3,(H,20,22). The third-order valence-electron chi connectivity index (χ3n) is 3.10. The first kappa shape index (κ1) is 17.1. The molecule has 0 unspecified atom stereocenters. The van der Waals surface area contributed by atoms with Gasteiger partial charge in [-0.05, 0) is 37.1 Å². The van der Waals surface area contributed by atoms with Crippen LogP contribution in [0.3, 0.4) is 0 Å². The topological polar surface area (TPSA) is 71.2 Å². The molecule has 0 spiro atoms. The average Bonchev–Trinajstić information content (AvgIpc) is 2.96. The maximum Gasteiger partial charge on any atom is 0.272 e. The van der Waals surface area contributed by atoms with Gasteiger partial charge in [-0.25, -0.2) is 0 Å². The molecule has 6 heteroatoms. The summed E-state index contributed by atoms with van der Waals surface area (Å²) in [5, 5.41) is 3.15. The van der Waals surface area contributed by atoms with Crippen LogP contribution >= 0.6 is 11.6 Å². The smallest absolute Gasteiger partial charge is 0.272 e. The number of ether oxygens (including phenoxy) is 1. The van der Waals surface area contributed by atoms with Crippen molar-refractivity contribution in [1.82, 2.24) is 4.98 Å². The molecule has 0 bridgehead atoms. The summed E-state index contributed by atoms with van der Waals surface area (Å²) in [7, 11) is 0. The minimum absolute atomic E-state index is 0.102. The van der Waals surface area contributed by atoms with Crippen molar-refractivity contribution < 1.29 is 14.3 Å². The molecule has 1 amide bonds. The molecule has 0 radical (unpaired) electrons. The number of benzene rings is 1. The van der Waals surface area contributed by atoms with E-state index in [-0.39, 0.29) is 11.7 Å². The molecular weight excluding hydrogens is 316 g/mol. The highest BCUT2D eigenvalue weighted by Crippen LogP contribution is 2.28. The van der Waals surface area contributed by atoms with Crippen molar-refractivity contribution in [3.05, 3.63) is 46.7 Å². The number of rotatable bonds is 6. The molecule has 5 nitrogen and oxygen atoms in total. The van der Waals surface area contributed by atoms with Crippen LogP contribution in [-0.2, 0) is 0 Å². The van der Waals surface area contributed by atoms with Crippen LogP contribution in [0.15, 0.2) is 30.5 Å². The monoisotopic (exact) mass is 334 g/mol. The summed E-state index contributed by atoms with van der Waals surface area (Å²) in [6.07, 6.45) is 1.51. The molecular formula is C17H19ClN2O3. The summed E-state index contributed by atoms with van der Waals surface area (Å²) in [6, 6.07) is 6.58. The lowest BCUT2D eigenvalue weighted by Gasteiger charge is -2.11. The Morgan fingerprint density at radius 3 is 2.61 bits per heavy atom. The molecule has 0 aliphatic rings. The van der Waals surface area contributed by atoms with Gasteiger partial charge in [0.25, 0.3) is 5.91 Å². The van der Waals surface area contributed by atoms with Gasteiger partial charge in [-0.1, -0.05) is 25.4 Å². The van der Waals surface area contributed by atoms with E-state index < -0.39 is 0 Å². The first-order chi connectivity index (χ1) is 10.9. The number of carbonyl (C=O) groups excluding carboxylic acids is 2. The quantitative estimate of drug-likeness (QED) is 0.779. The number of amides is 1. The Balaban J connectivity index is 2.06. The second-order valence-corrected chi connectivity index (χ2v) is 6.07. The molecule has 0 saturated carbocycles. The van der Waals surface area contributed by atoms with Gasteiger partial charge in [0, 0.05) is 17.4 Å². The Labute approximate surface area is 140 Å². The molecule has 1 heterocycles. The number of nitrogens with one attached hydrogen (secondary N) is 2. The van der Waals surface area contributed by atoms with E-state index in [0.29, 0.717) is 40.2 Å². The highest BCUT2D eigenvalue weighted by atomic mass is 35.5. The molecule has 2 N–H and O–H groups in total. The van der Waals surface area contributed by atoms with E-state index in [1.54, 1.807) is 18.2 Å². The molecule has 0 aliphatic heterocycles. The third kappa shape index (κ3) is 4.60. The fourth-order valence-corrected chi connectivity index (χ4v) is 2.11.